The largest absolute Gasteiger partial charge is 0.330 e. The van der Waals surface area contributed by atoms with Gasteiger partial charge in [-0.05, 0) is 44.8 Å². The van der Waals surface area contributed by atoms with Gasteiger partial charge in [0.15, 0.2) is 0 Å². The molecule has 0 aromatic heterocycles. The molecule has 0 bridgehead atoms. The Morgan fingerprint density at radius 2 is 2.38 bits per heavy atom. The van der Waals surface area contributed by atoms with Gasteiger partial charge in [-0.15, -0.1) is 0 Å². The molecule has 1 aliphatic heterocycles. The molecule has 1 unspecified atom stereocenters. The van der Waals surface area contributed by atoms with E-state index in [2.05, 4.69) is 18.4 Å². The molecular formula is C11H22N2. The van der Waals surface area contributed by atoms with Gasteiger partial charge in [0.25, 0.3) is 0 Å². The van der Waals surface area contributed by atoms with Crippen LogP contribution in [0.25, 0.3) is 0 Å². The van der Waals surface area contributed by atoms with Crippen molar-refractivity contribution in [2.75, 3.05) is 26.2 Å². The van der Waals surface area contributed by atoms with Gasteiger partial charge in [0, 0.05) is 6.54 Å². The normalized spacial score (nSPS) is 23.7. The van der Waals surface area contributed by atoms with Gasteiger partial charge in [0.05, 0.1) is 0 Å². The van der Waals surface area contributed by atoms with Crippen molar-refractivity contribution in [1.82, 2.24) is 4.90 Å². The highest BCUT2D eigenvalue weighted by Gasteiger charge is 2.20. The van der Waals surface area contributed by atoms with Crippen molar-refractivity contribution < 1.29 is 0 Å². The van der Waals surface area contributed by atoms with Crippen molar-refractivity contribution in [2.45, 2.75) is 26.2 Å². The third-order valence-electron chi connectivity index (χ3n) is 2.89. The molecule has 1 aliphatic rings. The molecule has 0 spiro atoms. The van der Waals surface area contributed by atoms with E-state index in [4.69, 9.17) is 5.73 Å². The van der Waals surface area contributed by atoms with Crippen LogP contribution in [0.4, 0.5) is 0 Å². The van der Waals surface area contributed by atoms with Crippen LogP contribution in [0.5, 0.6) is 0 Å². The summed E-state index contributed by atoms with van der Waals surface area (Å²) in [6.07, 6.45) is 3.54. The zero-order valence-corrected chi connectivity index (χ0v) is 8.76. The van der Waals surface area contributed by atoms with Crippen molar-refractivity contribution in [1.29, 1.82) is 0 Å². The summed E-state index contributed by atoms with van der Waals surface area (Å²) in [5.41, 5.74) is 6.82. The predicted molar refractivity (Wildman–Crippen MR) is 57.6 cm³/mol. The van der Waals surface area contributed by atoms with Crippen LogP contribution in [0, 0.1) is 5.92 Å². The van der Waals surface area contributed by atoms with Gasteiger partial charge in [-0.25, -0.2) is 0 Å². The lowest BCUT2D eigenvalue weighted by Crippen LogP contribution is -2.19. The molecule has 0 aromatic rings. The molecule has 76 valence electrons. The Morgan fingerprint density at radius 3 is 2.92 bits per heavy atom. The van der Waals surface area contributed by atoms with E-state index in [9.17, 15) is 0 Å². The molecule has 1 fully saturated rings. The number of nitrogens with two attached hydrogens (primary N) is 1. The average Bonchev–Trinajstić information content (AvgIpc) is 2.52. The van der Waals surface area contributed by atoms with Crippen LogP contribution in [0.2, 0.25) is 0 Å². The number of nitrogens with zero attached hydrogens (tertiary/aromatic N) is 1. The summed E-state index contributed by atoms with van der Waals surface area (Å²) in [4.78, 5) is 2.51. The van der Waals surface area contributed by atoms with Gasteiger partial charge in [-0.3, -0.25) is 0 Å². The second kappa shape index (κ2) is 5.40. The van der Waals surface area contributed by atoms with Gasteiger partial charge in [-0.2, -0.15) is 0 Å². The first kappa shape index (κ1) is 10.7. The molecular weight excluding hydrogens is 160 g/mol. The second-order valence-electron chi connectivity index (χ2n) is 4.04. The van der Waals surface area contributed by atoms with Gasteiger partial charge >= 0.3 is 0 Å². The van der Waals surface area contributed by atoms with E-state index in [0.29, 0.717) is 0 Å². The van der Waals surface area contributed by atoms with E-state index in [1.165, 1.54) is 38.0 Å². The van der Waals surface area contributed by atoms with E-state index in [1.54, 1.807) is 0 Å². The minimum absolute atomic E-state index is 0.753. The third-order valence-corrected chi connectivity index (χ3v) is 2.89. The van der Waals surface area contributed by atoms with Crippen LogP contribution >= 0.6 is 0 Å². The SMILES string of the molecule is C=C(CCN)CC1CCN(CC)C1. The molecule has 0 saturated carbocycles. The molecule has 1 heterocycles. The van der Waals surface area contributed by atoms with E-state index >= 15 is 0 Å². The fourth-order valence-electron chi connectivity index (χ4n) is 2.08. The number of likely N-dealkylation sites (tertiary alicyclic amines) is 1. The van der Waals surface area contributed by atoms with Gasteiger partial charge in [0.1, 0.15) is 0 Å². The number of hydrogen-bond donors (Lipinski definition) is 1. The first-order valence-corrected chi connectivity index (χ1v) is 5.35. The molecule has 1 atom stereocenters. The molecule has 2 N–H and O–H groups in total. The van der Waals surface area contributed by atoms with E-state index < -0.39 is 0 Å². The van der Waals surface area contributed by atoms with Crippen molar-refractivity contribution in [2.24, 2.45) is 11.7 Å². The zero-order chi connectivity index (χ0) is 9.68. The van der Waals surface area contributed by atoms with Gasteiger partial charge < -0.3 is 10.6 Å². The molecule has 2 nitrogen and oxygen atoms in total. The molecule has 2 heteroatoms. The van der Waals surface area contributed by atoms with Crippen LogP contribution < -0.4 is 5.73 Å². The Labute approximate surface area is 81.8 Å². The maximum atomic E-state index is 5.49. The minimum atomic E-state index is 0.753. The fraction of sp³-hybridized carbons (Fsp3) is 0.818. The summed E-state index contributed by atoms with van der Waals surface area (Å²) in [5, 5.41) is 0. The highest BCUT2D eigenvalue weighted by molar-refractivity contribution is 4.97. The van der Waals surface area contributed by atoms with Crippen molar-refractivity contribution >= 4 is 0 Å². The maximum Gasteiger partial charge on any atom is 0.00131 e. The van der Waals surface area contributed by atoms with Crippen LogP contribution in [-0.4, -0.2) is 31.1 Å². The van der Waals surface area contributed by atoms with Crippen LogP contribution in [-0.2, 0) is 0 Å². The molecule has 0 aliphatic carbocycles. The fourth-order valence-corrected chi connectivity index (χ4v) is 2.08. The molecule has 0 aromatic carbocycles. The smallest absolute Gasteiger partial charge is 0.00131 e. The zero-order valence-electron chi connectivity index (χ0n) is 8.76. The quantitative estimate of drug-likeness (QED) is 0.655. The highest BCUT2D eigenvalue weighted by atomic mass is 15.1. The van der Waals surface area contributed by atoms with Crippen molar-refractivity contribution in [3.8, 4) is 0 Å². The topological polar surface area (TPSA) is 29.3 Å². The highest BCUT2D eigenvalue weighted by Crippen LogP contribution is 2.23. The Balaban J connectivity index is 2.19. The lowest BCUT2D eigenvalue weighted by Gasteiger charge is -2.13. The molecule has 13 heavy (non-hydrogen) atoms. The van der Waals surface area contributed by atoms with E-state index in [-0.39, 0.29) is 0 Å². The van der Waals surface area contributed by atoms with Crippen LogP contribution in [0.3, 0.4) is 0 Å². The summed E-state index contributed by atoms with van der Waals surface area (Å²) in [7, 11) is 0. The maximum absolute atomic E-state index is 5.49. The predicted octanol–water partition coefficient (Wildman–Crippen LogP) is 1.62. The van der Waals surface area contributed by atoms with Crippen molar-refractivity contribution in [3.05, 3.63) is 12.2 Å². The lowest BCUT2D eigenvalue weighted by atomic mass is 9.98. The Morgan fingerprint density at radius 1 is 1.62 bits per heavy atom. The van der Waals surface area contributed by atoms with Gasteiger partial charge in [-0.1, -0.05) is 19.1 Å². The summed E-state index contributed by atoms with van der Waals surface area (Å²) in [6.45, 7) is 10.8. The number of hydrogen-bond acceptors (Lipinski definition) is 2. The van der Waals surface area contributed by atoms with Crippen LogP contribution in [0.1, 0.15) is 26.2 Å². The van der Waals surface area contributed by atoms with Crippen LogP contribution in [0.15, 0.2) is 12.2 Å². The summed E-state index contributed by atoms with van der Waals surface area (Å²) in [6, 6.07) is 0. The summed E-state index contributed by atoms with van der Waals surface area (Å²) >= 11 is 0. The Bertz CT molecular complexity index is 165. The first-order chi connectivity index (χ1) is 6.26. The third kappa shape index (κ3) is 3.49. The standard InChI is InChI=1S/C11H22N2/c1-3-13-7-5-11(9-13)8-10(2)4-6-12/h11H,2-9,12H2,1H3. The second-order valence-corrected chi connectivity index (χ2v) is 4.04. The first-order valence-electron chi connectivity index (χ1n) is 5.35. The molecule has 1 rings (SSSR count). The van der Waals surface area contributed by atoms with E-state index in [1.807, 2.05) is 0 Å². The number of rotatable bonds is 5. The Hall–Kier alpha value is -0.340. The average molecular weight is 182 g/mol. The van der Waals surface area contributed by atoms with E-state index in [0.717, 1.165) is 18.9 Å². The van der Waals surface area contributed by atoms with Gasteiger partial charge in [0.2, 0.25) is 0 Å². The molecule has 0 amide bonds. The monoisotopic (exact) mass is 182 g/mol. The Kier molecular flexibility index (Phi) is 4.46. The summed E-state index contributed by atoms with van der Waals surface area (Å²) in [5.74, 6) is 0.846. The summed E-state index contributed by atoms with van der Waals surface area (Å²) < 4.78 is 0. The molecule has 1 saturated heterocycles. The lowest BCUT2D eigenvalue weighted by molar-refractivity contribution is 0.341. The van der Waals surface area contributed by atoms with Crippen molar-refractivity contribution in [3.63, 3.8) is 0 Å². The molecule has 0 radical (unpaired) electrons. The minimum Gasteiger partial charge on any atom is -0.330 e.